The lowest BCUT2D eigenvalue weighted by molar-refractivity contribution is -0.123. The Labute approximate surface area is 98.5 Å². The molecule has 1 fully saturated rings. The summed E-state index contributed by atoms with van der Waals surface area (Å²) in [5.41, 5.74) is 5.73. The number of hydrogen-bond donors (Lipinski definition) is 2. The van der Waals surface area contributed by atoms with E-state index in [1.54, 1.807) is 6.08 Å². The third-order valence-corrected chi connectivity index (χ3v) is 3.36. The molecule has 0 radical (unpaired) electrons. The van der Waals surface area contributed by atoms with Crippen LogP contribution in [-0.2, 0) is 4.79 Å². The molecule has 0 heterocycles. The molecule has 1 aliphatic carbocycles. The van der Waals surface area contributed by atoms with Gasteiger partial charge in [0.15, 0.2) is 0 Å². The van der Waals surface area contributed by atoms with E-state index in [4.69, 9.17) is 5.73 Å². The Balaban J connectivity index is 2.35. The van der Waals surface area contributed by atoms with Crippen LogP contribution < -0.4 is 11.1 Å². The van der Waals surface area contributed by atoms with E-state index in [2.05, 4.69) is 18.8 Å². The quantitative estimate of drug-likeness (QED) is 0.566. The Hall–Kier alpha value is -0.830. The van der Waals surface area contributed by atoms with Gasteiger partial charge in [-0.1, -0.05) is 25.8 Å². The van der Waals surface area contributed by atoms with E-state index < -0.39 is 6.04 Å². The molecule has 1 rings (SSSR count). The van der Waals surface area contributed by atoms with Crippen LogP contribution in [-0.4, -0.2) is 18.0 Å². The zero-order valence-corrected chi connectivity index (χ0v) is 10.2. The van der Waals surface area contributed by atoms with Crippen molar-refractivity contribution in [2.75, 3.05) is 0 Å². The SMILES string of the molecule is C=CCC(N)C(=O)NC1CCCC(C)CC1. The van der Waals surface area contributed by atoms with Gasteiger partial charge in [-0.3, -0.25) is 4.79 Å². The van der Waals surface area contributed by atoms with E-state index in [9.17, 15) is 4.79 Å². The van der Waals surface area contributed by atoms with Crippen LogP contribution in [0.3, 0.4) is 0 Å². The first-order chi connectivity index (χ1) is 7.63. The van der Waals surface area contributed by atoms with Crippen LogP contribution in [0.15, 0.2) is 12.7 Å². The van der Waals surface area contributed by atoms with Crippen molar-refractivity contribution < 1.29 is 4.79 Å². The number of carbonyl (C=O) groups excluding carboxylic acids is 1. The number of carbonyl (C=O) groups is 1. The van der Waals surface area contributed by atoms with Gasteiger partial charge in [-0.05, 0) is 31.6 Å². The van der Waals surface area contributed by atoms with Crippen molar-refractivity contribution >= 4 is 5.91 Å². The van der Waals surface area contributed by atoms with Crippen molar-refractivity contribution in [1.29, 1.82) is 0 Å². The van der Waals surface area contributed by atoms with E-state index in [0.29, 0.717) is 12.5 Å². The summed E-state index contributed by atoms with van der Waals surface area (Å²) in [5.74, 6) is 0.767. The van der Waals surface area contributed by atoms with Gasteiger partial charge < -0.3 is 11.1 Å². The highest BCUT2D eigenvalue weighted by molar-refractivity contribution is 5.81. The van der Waals surface area contributed by atoms with Gasteiger partial charge in [0.05, 0.1) is 6.04 Å². The van der Waals surface area contributed by atoms with Crippen molar-refractivity contribution in [3.8, 4) is 0 Å². The Morgan fingerprint density at radius 1 is 1.50 bits per heavy atom. The lowest BCUT2D eigenvalue weighted by atomic mass is 10.0. The van der Waals surface area contributed by atoms with Crippen molar-refractivity contribution in [2.45, 2.75) is 57.5 Å². The molecule has 3 nitrogen and oxygen atoms in total. The highest BCUT2D eigenvalue weighted by Gasteiger charge is 2.20. The molecule has 1 aliphatic rings. The summed E-state index contributed by atoms with van der Waals surface area (Å²) in [5, 5.41) is 3.05. The lowest BCUT2D eigenvalue weighted by Gasteiger charge is -2.18. The minimum absolute atomic E-state index is 0.0283. The highest BCUT2D eigenvalue weighted by atomic mass is 16.2. The molecule has 1 amide bonds. The fraction of sp³-hybridized carbons (Fsp3) is 0.769. The van der Waals surface area contributed by atoms with Crippen LogP contribution in [0.2, 0.25) is 0 Å². The monoisotopic (exact) mass is 224 g/mol. The second-order valence-electron chi connectivity index (χ2n) is 4.95. The predicted molar refractivity (Wildman–Crippen MR) is 67.0 cm³/mol. The van der Waals surface area contributed by atoms with Crippen LogP contribution >= 0.6 is 0 Å². The van der Waals surface area contributed by atoms with Gasteiger partial charge in [-0.2, -0.15) is 0 Å². The molecule has 0 saturated heterocycles. The van der Waals surface area contributed by atoms with Crippen LogP contribution in [0, 0.1) is 5.92 Å². The van der Waals surface area contributed by atoms with E-state index in [1.807, 2.05) is 0 Å². The number of rotatable bonds is 4. The first-order valence-corrected chi connectivity index (χ1v) is 6.30. The zero-order valence-electron chi connectivity index (χ0n) is 10.2. The largest absolute Gasteiger partial charge is 0.352 e. The molecular formula is C13H24N2O. The van der Waals surface area contributed by atoms with Crippen molar-refractivity contribution in [3.63, 3.8) is 0 Å². The molecule has 92 valence electrons. The molecule has 16 heavy (non-hydrogen) atoms. The summed E-state index contributed by atoms with van der Waals surface area (Å²) in [6, 6.07) is -0.105. The molecule has 0 aromatic carbocycles. The van der Waals surface area contributed by atoms with E-state index in [0.717, 1.165) is 18.8 Å². The number of nitrogens with two attached hydrogens (primary N) is 1. The van der Waals surface area contributed by atoms with Crippen LogP contribution in [0.4, 0.5) is 0 Å². The molecule has 0 spiro atoms. The summed E-state index contributed by atoms with van der Waals surface area (Å²) in [6.45, 7) is 5.88. The van der Waals surface area contributed by atoms with Gasteiger partial charge >= 0.3 is 0 Å². The summed E-state index contributed by atoms with van der Waals surface area (Å²) in [6.07, 6.45) is 8.13. The van der Waals surface area contributed by atoms with Gasteiger partial charge in [-0.15, -0.1) is 6.58 Å². The summed E-state index contributed by atoms with van der Waals surface area (Å²) in [4.78, 5) is 11.7. The van der Waals surface area contributed by atoms with E-state index in [1.165, 1.54) is 19.3 Å². The van der Waals surface area contributed by atoms with Crippen LogP contribution in [0.25, 0.3) is 0 Å². The number of nitrogens with one attached hydrogen (secondary N) is 1. The lowest BCUT2D eigenvalue weighted by Crippen LogP contribution is -2.45. The normalized spacial score (nSPS) is 27.9. The number of hydrogen-bond acceptors (Lipinski definition) is 2. The maximum Gasteiger partial charge on any atom is 0.237 e. The van der Waals surface area contributed by atoms with Gasteiger partial charge in [0.25, 0.3) is 0 Å². The first-order valence-electron chi connectivity index (χ1n) is 6.30. The van der Waals surface area contributed by atoms with Crippen molar-refractivity contribution in [1.82, 2.24) is 5.32 Å². The summed E-state index contributed by atoms with van der Waals surface area (Å²) >= 11 is 0. The van der Waals surface area contributed by atoms with Crippen molar-refractivity contribution in [2.24, 2.45) is 11.7 Å². The van der Waals surface area contributed by atoms with E-state index in [-0.39, 0.29) is 5.91 Å². The minimum Gasteiger partial charge on any atom is -0.352 e. The Morgan fingerprint density at radius 2 is 2.25 bits per heavy atom. The molecule has 0 bridgehead atoms. The standard InChI is InChI=1S/C13H24N2O/c1-3-5-12(14)13(16)15-11-7-4-6-10(2)8-9-11/h3,10-12H,1,4-9,14H2,2H3,(H,15,16). The second-order valence-corrected chi connectivity index (χ2v) is 4.95. The predicted octanol–water partition coefficient (Wildman–Crippen LogP) is 1.97. The molecule has 3 N–H and O–H groups in total. The fourth-order valence-corrected chi connectivity index (χ4v) is 2.23. The molecular weight excluding hydrogens is 200 g/mol. The summed E-state index contributed by atoms with van der Waals surface area (Å²) in [7, 11) is 0. The highest BCUT2D eigenvalue weighted by Crippen LogP contribution is 2.22. The van der Waals surface area contributed by atoms with Crippen molar-refractivity contribution in [3.05, 3.63) is 12.7 Å². The third-order valence-electron chi connectivity index (χ3n) is 3.36. The molecule has 0 aromatic rings. The van der Waals surface area contributed by atoms with Crippen LogP contribution in [0.5, 0.6) is 0 Å². The molecule has 0 aromatic heterocycles. The molecule has 0 aliphatic heterocycles. The Morgan fingerprint density at radius 3 is 2.94 bits per heavy atom. The van der Waals surface area contributed by atoms with Gasteiger partial charge in [0, 0.05) is 6.04 Å². The third kappa shape index (κ3) is 4.35. The second kappa shape index (κ2) is 6.69. The fourth-order valence-electron chi connectivity index (χ4n) is 2.23. The average molecular weight is 224 g/mol. The summed E-state index contributed by atoms with van der Waals surface area (Å²) < 4.78 is 0. The minimum atomic E-state index is -0.432. The van der Waals surface area contributed by atoms with Crippen LogP contribution in [0.1, 0.15) is 45.4 Å². The smallest absolute Gasteiger partial charge is 0.237 e. The maximum absolute atomic E-state index is 11.7. The molecule has 3 atom stereocenters. The maximum atomic E-state index is 11.7. The van der Waals surface area contributed by atoms with Gasteiger partial charge in [0.1, 0.15) is 0 Å². The van der Waals surface area contributed by atoms with Gasteiger partial charge in [0.2, 0.25) is 5.91 Å². The molecule has 3 unspecified atom stereocenters. The number of amides is 1. The molecule has 1 saturated carbocycles. The average Bonchev–Trinajstić information content (AvgIpc) is 2.44. The Kier molecular flexibility index (Phi) is 5.53. The van der Waals surface area contributed by atoms with E-state index >= 15 is 0 Å². The van der Waals surface area contributed by atoms with Gasteiger partial charge in [-0.25, -0.2) is 0 Å². The molecule has 3 heteroatoms. The Bertz CT molecular complexity index is 240. The zero-order chi connectivity index (χ0) is 12.0. The first kappa shape index (κ1) is 13.2. The topological polar surface area (TPSA) is 55.1 Å².